The number of pyridine rings is 6. The average molecular weight is 2570 g/mol. The Morgan fingerprint density at radius 2 is 0.866 bits per heavy atom. The fourth-order valence-corrected chi connectivity index (χ4v) is 12.6. The maximum atomic E-state index is 11.2. The van der Waals surface area contributed by atoms with Gasteiger partial charge in [-0.05, 0) is 155 Å². The van der Waals surface area contributed by atoms with Gasteiger partial charge in [0.15, 0.2) is 11.6 Å². The molecule has 16 aromatic rings. The zero-order valence-corrected chi connectivity index (χ0v) is 86.1. The first-order chi connectivity index (χ1) is 58.9. The first kappa shape index (κ1) is 109. The number of nitrogens with zero attached hydrogens (tertiary/aromatic N) is 6. The van der Waals surface area contributed by atoms with E-state index < -0.39 is 0 Å². The Hall–Kier alpha value is -10.7. The third-order valence-corrected chi connectivity index (χ3v) is 18.7. The molecule has 127 heavy (non-hydrogen) atoms. The van der Waals surface area contributed by atoms with Crippen molar-refractivity contribution in [1.29, 1.82) is 0 Å². The number of aromatic nitrogens is 6. The number of furan rings is 1. The first-order valence-electron chi connectivity index (χ1n) is 41.2. The summed E-state index contributed by atoms with van der Waals surface area (Å²) in [7, 11) is 0. The molecule has 7 aromatic heterocycles. The number of fused-ring (bicyclic) bond motifs is 3. The molecule has 16 heteroatoms. The van der Waals surface area contributed by atoms with E-state index >= 15 is 0 Å². The monoisotopic (exact) mass is 2570 g/mol. The number of aliphatic hydroxyl groups excluding tert-OH is 2. The van der Waals surface area contributed by atoms with Gasteiger partial charge >= 0.3 is 0 Å². The zero-order chi connectivity index (χ0) is 87.2. The van der Waals surface area contributed by atoms with Gasteiger partial charge in [-0.1, -0.05) is 213 Å². The molecule has 5 radical (unpaired) electrons. The molecular formula is C111H108Ir5N6O5-6. The molecule has 0 spiro atoms. The Balaban J connectivity index is 0.000000307. The second-order valence-corrected chi connectivity index (χ2v) is 31.2. The van der Waals surface area contributed by atoms with Crippen LogP contribution in [0.3, 0.4) is 0 Å². The summed E-state index contributed by atoms with van der Waals surface area (Å²) in [5.74, 6) is 1.34. The largest absolute Gasteiger partial charge is 0.512 e. The zero-order valence-electron chi connectivity index (χ0n) is 74.1. The van der Waals surface area contributed by atoms with Crippen molar-refractivity contribution >= 4 is 33.5 Å². The number of aliphatic hydroxyl groups is 2. The number of ketones is 2. The Bertz CT molecular complexity index is 5870. The minimum absolute atomic E-state index is 0. The van der Waals surface area contributed by atoms with Crippen molar-refractivity contribution in [3.63, 3.8) is 0 Å². The van der Waals surface area contributed by atoms with Crippen molar-refractivity contribution in [2.45, 2.75) is 128 Å². The van der Waals surface area contributed by atoms with E-state index in [1.807, 2.05) is 241 Å². The quantitative estimate of drug-likeness (QED) is 0.0537. The summed E-state index contributed by atoms with van der Waals surface area (Å²) in [4.78, 5) is 47.6. The number of hydrogen-bond acceptors (Lipinski definition) is 11. The molecule has 9 aromatic carbocycles. The van der Waals surface area contributed by atoms with E-state index in [1.54, 1.807) is 12.4 Å². The molecule has 0 fully saturated rings. The molecule has 0 bridgehead atoms. The van der Waals surface area contributed by atoms with Gasteiger partial charge in [0.2, 0.25) is 0 Å². The van der Waals surface area contributed by atoms with Crippen molar-refractivity contribution < 1.29 is 125 Å². The summed E-state index contributed by atoms with van der Waals surface area (Å²) in [6, 6.07) is 114. The van der Waals surface area contributed by atoms with Crippen LogP contribution in [0.5, 0.6) is 0 Å². The molecule has 0 aliphatic rings. The van der Waals surface area contributed by atoms with Crippen molar-refractivity contribution in [2.24, 2.45) is 11.8 Å². The van der Waals surface area contributed by atoms with Gasteiger partial charge in [0.1, 0.15) is 5.58 Å². The van der Waals surface area contributed by atoms with Gasteiger partial charge in [-0.2, -0.15) is 0 Å². The Morgan fingerprint density at radius 1 is 0.402 bits per heavy atom. The molecule has 0 atom stereocenters. The molecule has 0 saturated carbocycles. The van der Waals surface area contributed by atoms with Gasteiger partial charge in [-0.15, -0.1) is 198 Å². The molecule has 16 rings (SSSR count). The van der Waals surface area contributed by atoms with Gasteiger partial charge < -0.3 is 44.5 Å². The fourth-order valence-electron chi connectivity index (χ4n) is 12.6. The molecule has 11 nitrogen and oxygen atoms in total. The number of aryl methyl sites for hydroxylation is 3. The van der Waals surface area contributed by atoms with Gasteiger partial charge in [0.25, 0.3) is 0 Å². The number of allylic oxidation sites excluding steroid dienone is 4. The maximum Gasteiger partial charge on any atom is 0.159 e. The topological polar surface area (TPSA) is 165 Å². The van der Waals surface area contributed by atoms with Crippen LogP contribution in [0, 0.1) is 62.1 Å². The predicted octanol–water partition coefficient (Wildman–Crippen LogP) is 28.2. The van der Waals surface area contributed by atoms with Crippen LogP contribution in [0.25, 0.3) is 112 Å². The molecular weight excluding hydrogens is 2460 g/mol. The van der Waals surface area contributed by atoms with Crippen molar-refractivity contribution in [3.05, 3.63) is 410 Å². The molecule has 0 amide bonds. The van der Waals surface area contributed by atoms with Gasteiger partial charge in [-0.3, -0.25) is 9.59 Å². The van der Waals surface area contributed by atoms with E-state index in [2.05, 4.69) is 218 Å². The number of carbonyl (C=O) groups is 2. The van der Waals surface area contributed by atoms with Crippen molar-refractivity contribution in [3.8, 4) is 89.8 Å². The standard InChI is InChI=1S/C20H16NO.C19H16N.C18H14N.C15H16N.C12H10N.C11H8N.C11H20O2.C5H8O2.5Ir/c1-13(2)14-7-5-8-15-16-9-6-10-17(20(16)22-19(14)15)18-11-3-4-12-21-18;1-2-15-13-19(17-11-7-4-8-12-17)20-14-18(15)16-9-5-3-6-10-16;1-14-7-9-15(10-8-14)17-11-12-19-18(13-17)16-5-3-2-4-6-16;1-15(2,3)13-9-10-16-14(11-13)12-7-5-4-6-8-12;1-10-7-8-12(13-9-10)11-5-3-2-4-6-11;1-2-6-10(7-3-1)11-8-4-5-9-12-11;1-8(2)5-10(12)7-11(13)6-9(3)4;1-4(6)3-5(2)7;;;;;/h3-9,11-13H,1-2H3;3-11,13-14H,2H2,1H3;2-5,7-13H,1H3;4-7,9-11H,1-3H3;2-5,7-9H,1H3;1-6,8-9H;7-9,12H,5-6H2,1-4H3;3,6H,1-2H3;;;;;/q6*-1;;;;;;;. The number of benzene rings is 9. The van der Waals surface area contributed by atoms with E-state index in [0.29, 0.717) is 30.6 Å². The summed E-state index contributed by atoms with van der Waals surface area (Å²) in [6.45, 7) is 28.2. The summed E-state index contributed by atoms with van der Waals surface area (Å²) < 4.78 is 6.26. The third-order valence-electron chi connectivity index (χ3n) is 18.7. The summed E-state index contributed by atoms with van der Waals surface area (Å²) in [6.07, 6.45) is 15.8. The van der Waals surface area contributed by atoms with Crippen molar-refractivity contribution in [2.75, 3.05) is 0 Å². The molecule has 0 aliphatic heterocycles. The normalized spacial score (nSPS) is 10.5. The van der Waals surface area contributed by atoms with Crippen LogP contribution in [0.1, 0.15) is 130 Å². The number of hydrogen-bond donors (Lipinski definition) is 2. The summed E-state index contributed by atoms with van der Waals surface area (Å²) in [5, 5.41) is 20.0. The van der Waals surface area contributed by atoms with E-state index in [1.165, 1.54) is 76.1 Å². The average Bonchev–Trinajstić information content (AvgIpc) is 1.61. The van der Waals surface area contributed by atoms with Gasteiger partial charge in [0.05, 0.1) is 17.1 Å². The molecule has 663 valence electrons. The van der Waals surface area contributed by atoms with E-state index in [-0.39, 0.29) is 129 Å². The summed E-state index contributed by atoms with van der Waals surface area (Å²) >= 11 is 0. The molecule has 2 N–H and O–H groups in total. The van der Waals surface area contributed by atoms with Crippen LogP contribution in [0.2, 0.25) is 0 Å². The smallest absolute Gasteiger partial charge is 0.159 e. The van der Waals surface area contributed by atoms with Crippen LogP contribution >= 0.6 is 0 Å². The first-order valence-corrected chi connectivity index (χ1v) is 41.2. The minimum Gasteiger partial charge on any atom is -0.512 e. The maximum absolute atomic E-state index is 11.2. The van der Waals surface area contributed by atoms with Crippen LogP contribution in [-0.4, -0.2) is 51.7 Å². The second kappa shape index (κ2) is 57.2. The van der Waals surface area contributed by atoms with E-state index in [4.69, 9.17) is 9.52 Å². The van der Waals surface area contributed by atoms with Crippen LogP contribution in [0.4, 0.5) is 0 Å². The van der Waals surface area contributed by atoms with E-state index in [0.717, 1.165) is 95.9 Å². The second-order valence-electron chi connectivity index (χ2n) is 31.2. The summed E-state index contributed by atoms with van der Waals surface area (Å²) in [5.41, 5.74) is 25.0. The predicted molar refractivity (Wildman–Crippen MR) is 503 cm³/mol. The van der Waals surface area contributed by atoms with Crippen LogP contribution < -0.4 is 0 Å². The Kier molecular flexibility index (Phi) is 49.0. The molecule has 7 heterocycles. The van der Waals surface area contributed by atoms with Crippen molar-refractivity contribution in [1.82, 2.24) is 29.9 Å². The van der Waals surface area contributed by atoms with Crippen LogP contribution in [-0.2, 0) is 122 Å². The number of rotatable bonds is 16. The van der Waals surface area contributed by atoms with Gasteiger partial charge in [-0.25, -0.2) is 0 Å². The molecule has 0 unspecified atom stereocenters. The Morgan fingerprint density at radius 3 is 1.32 bits per heavy atom. The Labute approximate surface area is 819 Å². The van der Waals surface area contributed by atoms with E-state index in [9.17, 15) is 14.7 Å². The van der Waals surface area contributed by atoms with Crippen LogP contribution in [0.15, 0.2) is 350 Å². The van der Waals surface area contributed by atoms with Gasteiger partial charge in [0, 0.05) is 174 Å². The minimum atomic E-state index is -0.125. The number of carbonyl (C=O) groups excluding carboxylic acids is 2. The SMILES string of the molecule is CC(=O)C=C(C)O.CC(C)(C)c1ccnc(-c2[c-]cccc2)c1.CC(C)CC(=O)C=C(O)CC(C)C.CC(C)c1cccc2c1oc1c(-c3ccccn3)[c-]ccc12.CCc1cc(-c2[c-]cccc2)ncc1-c1ccccc1.Cc1ccc(-c2[c-]cccc2)nc1.Cc1ccc(-c2ccnc(-c3[c-]cccc3)c2)cc1.[Ir].[Ir].[Ir].[Ir].[Ir].[c-]1ccccc1-c1ccccn1. The third kappa shape index (κ3) is 36.2. The molecule has 0 aliphatic carbocycles. The number of para-hydroxylation sites is 1. The fraction of sp³-hybridized carbons (Fsp3) is 0.189. The molecule has 0 saturated heterocycles.